The van der Waals surface area contributed by atoms with Crippen molar-refractivity contribution in [2.45, 2.75) is 26.2 Å². The summed E-state index contributed by atoms with van der Waals surface area (Å²) in [5, 5.41) is 5.47. The maximum absolute atomic E-state index is 12.3. The first-order valence-electron chi connectivity index (χ1n) is 8.46. The minimum atomic E-state index is -0.167. The van der Waals surface area contributed by atoms with E-state index in [2.05, 4.69) is 10.6 Å². The van der Waals surface area contributed by atoms with Gasteiger partial charge in [0.1, 0.15) is 5.75 Å². The minimum absolute atomic E-state index is 0.0174. The Bertz CT molecular complexity index is 694. The fraction of sp³-hybridized carbons (Fsp3) is 0.300. The normalized spacial score (nSPS) is 10.2. The Morgan fingerprint density at radius 1 is 1.00 bits per heavy atom. The standard InChI is InChI=1S/C20H24N2O3/c1-3-14-25-18-11-7-16(8-12-18)20(24)22-17-9-4-15(5-10-17)6-13-19(23)21-2/h4-5,7-12H,3,6,13-14H2,1-2H3,(H,21,23)(H,22,24). The quantitative estimate of drug-likeness (QED) is 0.774. The Balaban J connectivity index is 1.90. The highest BCUT2D eigenvalue weighted by molar-refractivity contribution is 6.04. The zero-order chi connectivity index (χ0) is 18.1. The van der Waals surface area contributed by atoms with Crippen LogP contribution in [0.2, 0.25) is 0 Å². The number of benzene rings is 2. The second-order valence-electron chi connectivity index (χ2n) is 5.70. The SMILES string of the molecule is CCCOc1ccc(C(=O)Nc2ccc(CCC(=O)NC)cc2)cc1. The third kappa shape index (κ3) is 5.95. The molecule has 0 saturated carbocycles. The molecule has 2 rings (SSSR count). The lowest BCUT2D eigenvalue weighted by molar-refractivity contribution is -0.120. The summed E-state index contributed by atoms with van der Waals surface area (Å²) >= 11 is 0. The molecule has 0 bridgehead atoms. The molecule has 2 aromatic rings. The number of carbonyl (C=O) groups is 2. The van der Waals surface area contributed by atoms with Gasteiger partial charge in [-0.3, -0.25) is 9.59 Å². The van der Waals surface area contributed by atoms with E-state index in [1.807, 2.05) is 31.2 Å². The van der Waals surface area contributed by atoms with Crippen LogP contribution in [0.1, 0.15) is 35.7 Å². The fourth-order valence-electron chi connectivity index (χ4n) is 2.26. The van der Waals surface area contributed by atoms with Crippen LogP contribution in [0.4, 0.5) is 5.69 Å². The van der Waals surface area contributed by atoms with Gasteiger partial charge in [-0.25, -0.2) is 0 Å². The summed E-state index contributed by atoms with van der Waals surface area (Å²) in [6, 6.07) is 14.6. The predicted molar refractivity (Wildman–Crippen MR) is 99.0 cm³/mol. The van der Waals surface area contributed by atoms with Crippen molar-refractivity contribution in [2.75, 3.05) is 19.0 Å². The van der Waals surface area contributed by atoms with Crippen LogP contribution in [0.15, 0.2) is 48.5 Å². The van der Waals surface area contributed by atoms with Crippen molar-refractivity contribution in [2.24, 2.45) is 0 Å². The van der Waals surface area contributed by atoms with Crippen LogP contribution in [-0.4, -0.2) is 25.5 Å². The van der Waals surface area contributed by atoms with Crippen molar-refractivity contribution >= 4 is 17.5 Å². The summed E-state index contributed by atoms with van der Waals surface area (Å²) in [6.45, 7) is 2.71. The summed E-state index contributed by atoms with van der Waals surface area (Å²) in [5.74, 6) is 0.614. The number of ether oxygens (including phenoxy) is 1. The molecule has 2 N–H and O–H groups in total. The van der Waals surface area contributed by atoms with Gasteiger partial charge in [0.15, 0.2) is 0 Å². The second-order valence-corrected chi connectivity index (χ2v) is 5.70. The van der Waals surface area contributed by atoms with Crippen LogP contribution < -0.4 is 15.4 Å². The molecule has 0 unspecified atom stereocenters. The van der Waals surface area contributed by atoms with Crippen LogP contribution >= 0.6 is 0 Å². The minimum Gasteiger partial charge on any atom is -0.494 e. The van der Waals surface area contributed by atoms with Gasteiger partial charge in [0.05, 0.1) is 6.61 Å². The molecule has 0 aliphatic carbocycles. The van der Waals surface area contributed by atoms with Gasteiger partial charge in [-0.05, 0) is 54.8 Å². The first-order valence-corrected chi connectivity index (χ1v) is 8.46. The Hall–Kier alpha value is -2.82. The Morgan fingerprint density at radius 2 is 1.68 bits per heavy atom. The maximum atomic E-state index is 12.3. The lowest BCUT2D eigenvalue weighted by atomic mass is 10.1. The van der Waals surface area contributed by atoms with Crippen LogP contribution in [0.25, 0.3) is 0 Å². The molecule has 0 atom stereocenters. The van der Waals surface area contributed by atoms with Crippen molar-refractivity contribution in [1.29, 1.82) is 0 Å². The van der Waals surface area contributed by atoms with Crippen molar-refractivity contribution in [3.05, 3.63) is 59.7 Å². The van der Waals surface area contributed by atoms with Crippen molar-refractivity contribution < 1.29 is 14.3 Å². The third-order valence-corrected chi connectivity index (χ3v) is 3.72. The Kier molecular flexibility index (Phi) is 7.01. The highest BCUT2D eigenvalue weighted by atomic mass is 16.5. The smallest absolute Gasteiger partial charge is 0.255 e. The molecule has 0 aromatic heterocycles. The number of carbonyl (C=O) groups excluding carboxylic acids is 2. The molecule has 2 amide bonds. The first kappa shape index (κ1) is 18.5. The molecule has 0 radical (unpaired) electrons. The summed E-state index contributed by atoms with van der Waals surface area (Å²) in [4.78, 5) is 23.5. The van der Waals surface area contributed by atoms with Gasteiger partial charge in [-0.2, -0.15) is 0 Å². The van der Waals surface area contributed by atoms with E-state index in [1.54, 1.807) is 31.3 Å². The van der Waals surface area contributed by atoms with Crippen LogP contribution in [0.3, 0.4) is 0 Å². The van der Waals surface area contributed by atoms with E-state index >= 15 is 0 Å². The number of nitrogens with one attached hydrogen (secondary N) is 2. The Labute approximate surface area is 148 Å². The number of rotatable bonds is 8. The van der Waals surface area contributed by atoms with Crippen molar-refractivity contribution in [3.8, 4) is 5.75 Å². The first-order chi connectivity index (χ1) is 12.1. The van der Waals surface area contributed by atoms with E-state index < -0.39 is 0 Å². The molecule has 0 aliphatic heterocycles. The molecule has 0 fully saturated rings. The summed E-state index contributed by atoms with van der Waals surface area (Å²) in [6.07, 6.45) is 2.07. The highest BCUT2D eigenvalue weighted by Gasteiger charge is 2.07. The van der Waals surface area contributed by atoms with Gasteiger partial charge in [0.25, 0.3) is 5.91 Å². The molecule has 2 aromatic carbocycles. The zero-order valence-corrected chi connectivity index (χ0v) is 14.7. The molecule has 25 heavy (non-hydrogen) atoms. The number of aryl methyl sites for hydroxylation is 1. The molecule has 132 valence electrons. The van der Waals surface area contributed by atoms with Gasteiger partial charge in [0.2, 0.25) is 5.91 Å². The molecular weight excluding hydrogens is 316 g/mol. The predicted octanol–water partition coefficient (Wildman–Crippen LogP) is 3.41. The molecule has 0 spiro atoms. The van der Waals surface area contributed by atoms with Gasteiger partial charge in [-0.15, -0.1) is 0 Å². The van der Waals surface area contributed by atoms with E-state index in [0.717, 1.165) is 23.4 Å². The van der Waals surface area contributed by atoms with E-state index in [4.69, 9.17) is 4.74 Å². The number of hydrogen-bond donors (Lipinski definition) is 2. The van der Waals surface area contributed by atoms with Gasteiger partial charge >= 0.3 is 0 Å². The second kappa shape index (κ2) is 9.47. The maximum Gasteiger partial charge on any atom is 0.255 e. The fourth-order valence-corrected chi connectivity index (χ4v) is 2.26. The number of amides is 2. The van der Waals surface area contributed by atoms with Crippen molar-refractivity contribution in [1.82, 2.24) is 5.32 Å². The molecule has 0 heterocycles. The molecule has 0 saturated heterocycles. The molecule has 0 aliphatic rings. The lowest BCUT2D eigenvalue weighted by Crippen LogP contribution is -2.17. The monoisotopic (exact) mass is 340 g/mol. The number of anilines is 1. The molecule has 5 heteroatoms. The highest BCUT2D eigenvalue weighted by Crippen LogP contribution is 2.15. The van der Waals surface area contributed by atoms with Crippen LogP contribution in [0, 0.1) is 0 Å². The van der Waals surface area contributed by atoms with E-state index in [-0.39, 0.29) is 11.8 Å². The summed E-state index contributed by atoms with van der Waals surface area (Å²) < 4.78 is 5.51. The van der Waals surface area contributed by atoms with Crippen LogP contribution in [-0.2, 0) is 11.2 Å². The van der Waals surface area contributed by atoms with Gasteiger partial charge in [0, 0.05) is 24.7 Å². The topological polar surface area (TPSA) is 67.4 Å². The van der Waals surface area contributed by atoms with E-state index in [0.29, 0.717) is 25.0 Å². The largest absolute Gasteiger partial charge is 0.494 e. The van der Waals surface area contributed by atoms with Crippen molar-refractivity contribution in [3.63, 3.8) is 0 Å². The van der Waals surface area contributed by atoms with Gasteiger partial charge < -0.3 is 15.4 Å². The van der Waals surface area contributed by atoms with Gasteiger partial charge in [-0.1, -0.05) is 19.1 Å². The molecular formula is C20H24N2O3. The summed E-state index contributed by atoms with van der Waals surface area (Å²) in [7, 11) is 1.63. The average Bonchev–Trinajstić information content (AvgIpc) is 2.65. The molecule has 5 nitrogen and oxygen atoms in total. The summed E-state index contributed by atoms with van der Waals surface area (Å²) in [5.41, 5.74) is 2.35. The zero-order valence-electron chi connectivity index (χ0n) is 14.7. The van der Waals surface area contributed by atoms with E-state index in [9.17, 15) is 9.59 Å². The lowest BCUT2D eigenvalue weighted by Gasteiger charge is -2.08. The van der Waals surface area contributed by atoms with E-state index in [1.165, 1.54) is 0 Å². The van der Waals surface area contributed by atoms with Crippen LogP contribution in [0.5, 0.6) is 5.75 Å². The number of hydrogen-bond acceptors (Lipinski definition) is 3. The Morgan fingerprint density at radius 3 is 2.28 bits per heavy atom. The average molecular weight is 340 g/mol. The third-order valence-electron chi connectivity index (χ3n) is 3.72.